The van der Waals surface area contributed by atoms with Crippen LogP contribution in [0.4, 0.5) is 13.2 Å². The molecule has 3 nitrogen and oxygen atoms in total. The molecule has 0 amide bonds. The number of hydrogen-bond acceptors (Lipinski definition) is 2. The van der Waals surface area contributed by atoms with Crippen molar-refractivity contribution in [2.45, 2.75) is 12.6 Å². The maximum absolute atomic E-state index is 12.5. The molecule has 2 aromatic rings. The molecule has 18 heavy (non-hydrogen) atoms. The Morgan fingerprint density at radius 3 is 2.72 bits per heavy atom. The molecule has 0 saturated carbocycles. The van der Waals surface area contributed by atoms with Crippen LogP contribution in [0.2, 0.25) is 0 Å². The van der Waals surface area contributed by atoms with Crippen LogP contribution >= 0.6 is 0 Å². The maximum Gasteiger partial charge on any atom is 0.416 e. The molecular weight excluding hydrogens is 243 g/mol. The normalized spacial score (nSPS) is 11.2. The van der Waals surface area contributed by atoms with Crippen molar-refractivity contribution in [2.24, 2.45) is 0 Å². The molecule has 1 heterocycles. The number of nitrogens with zero attached hydrogens (tertiary/aromatic N) is 3. The topological polar surface area (TPSA) is 41.6 Å². The van der Waals surface area contributed by atoms with Gasteiger partial charge < -0.3 is 0 Å². The molecule has 1 aromatic heterocycles. The molecule has 0 radical (unpaired) electrons. The molecular formula is C12H8F3N3. The van der Waals surface area contributed by atoms with E-state index in [9.17, 15) is 13.2 Å². The van der Waals surface area contributed by atoms with Gasteiger partial charge in [-0.2, -0.15) is 23.5 Å². The van der Waals surface area contributed by atoms with E-state index in [0.29, 0.717) is 11.4 Å². The molecule has 0 aliphatic heterocycles. The zero-order valence-corrected chi connectivity index (χ0v) is 9.15. The zero-order chi connectivity index (χ0) is 13.2. The second-order valence-electron chi connectivity index (χ2n) is 3.63. The van der Waals surface area contributed by atoms with Crippen LogP contribution in [-0.2, 0) is 12.6 Å². The van der Waals surface area contributed by atoms with Crippen molar-refractivity contribution in [2.75, 3.05) is 0 Å². The number of benzene rings is 1. The van der Waals surface area contributed by atoms with Gasteiger partial charge in [-0.3, -0.25) is 0 Å². The Kier molecular flexibility index (Phi) is 3.06. The third kappa shape index (κ3) is 2.51. The predicted octanol–water partition coefficient (Wildman–Crippen LogP) is 2.96. The average Bonchev–Trinajstić information content (AvgIpc) is 2.77. The summed E-state index contributed by atoms with van der Waals surface area (Å²) in [5.74, 6) is 0. The van der Waals surface area contributed by atoms with Gasteiger partial charge in [-0.05, 0) is 24.3 Å². The molecule has 0 fully saturated rings. The van der Waals surface area contributed by atoms with Gasteiger partial charge in [-0.1, -0.05) is 6.07 Å². The summed E-state index contributed by atoms with van der Waals surface area (Å²) in [6.07, 6.45) is -2.72. The molecule has 0 atom stereocenters. The van der Waals surface area contributed by atoms with Gasteiger partial charge in [0.25, 0.3) is 0 Å². The fraction of sp³-hybridized carbons (Fsp3) is 0.167. The van der Waals surface area contributed by atoms with E-state index in [1.165, 1.54) is 23.0 Å². The van der Waals surface area contributed by atoms with E-state index in [1.807, 2.05) is 6.07 Å². The van der Waals surface area contributed by atoms with Crippen LogP contribution in [-0.4, -0.2) is 9.78 Å². The van der Waals surface area contributed by atoms with Crippen molar-refractivity contribution in [3.63, 3.8) is 0 Å². The van der Waals surface area contributed by atoms with Crippen LogP contribution in [0.15, 0.2) is 36.5 Å². The summed E-state index contributed by atoms with van der Waals surface area (Å²) in [6.45, 7) is 0. The van der Waals surface area contributed by atoms with Crippen LogP contribution in [0.25, 0.3) is 5.69 Å². The first kappa shape index (κ1) is 12.2. The van der Waals surface area contributed by atoms with E-state index < -0.39 is 11.7 Å². The summed E-state index contributed by atoms with van der Waals surface area (Å²) in [4.78, 5) is 0. The van der Waals surface area contributed by atoms with E-state index in [0.717, 1.165) is 12.1 Å². The summed E-state index contributed by atoms with van der Waals surface area (Å²) in [6, 6.07) is 8.40. The molecule has 92 valence electrons. The first-order valence-corrected chi connectivity index (χ1v) is 5.10. The summed E-state index contributed by atoms with van der Waals surface area (Å²) < 4.78 is 38.9. The Hall–Kier alpha value is -2.29. The lowest BCUT2D eigenvalue weighted by Crippen LogP contribution is -2.06. The van der Waals surface area contributed by atoms with Crippen LogP contribution in [0.1, 0.15) is 11.3 Å². The number of aromatic nitrogens is 2. The quantitative estimate of drug-likeness (QED) is 0.823. The Bertz CT molecular complexity index is 593. The Morgan fingerprint density at radius 1 is 1.28 bits per heavy atom. The molecule has 2 rings (SSSR count). The SMILES string of the molecule is N#CCc1ccn(-c2cccc(C(F)(F)F)c2)n1. The molecule has 0 aliphatic rings. The summed E-state index contributed by atoms with van der Waals surface area (Å²) >= 11 is 0. The minimum absolute atomic E-state index is 0.131. The fourth-order valence-corrected chi connectivity index (χ4v) is 1.51. The Labute approximate surface area is 101 Å². The van der Waals surface area contributed by atoms with Crippen molar-refractivity contribution >= 4 is 0 Å². The van der Waals surface area contributed by atoms with E-state index >= 15 is 0 Å². The minimum Gasteiger partial charge on any atom is -0.241 e. The largest absolute Gasteiger partial charge is 0.416 e. The maximum atomic E-state index is 12.5. The molecule has 0 N–H and O–H groups in total. The summed E-state index contributed by atoms with van der Waals surface area (Å²) in [5, 5.41) is 12.5. The second-order valence-corrected chi connectivity index (χ2v) is 3.63. The van der Waals surface area contributed by atoms with Gasteiger partial charge in [0.2, 0.25) is 0 Å². The first-order chi connectivity index (χ1) is 8.50. The van der Waals surface area contributed by atoms with Crippen molar-refractivity contribution < 1.29 is 13.2 Å². The highest BCUT2D eigenvalue weighted by Gasteiger charge is 2.30. The van der Waals surface area contributed by atoms with Crippen LogP contribution in [0.3, 0.4) is 0 Å². The standard InChI is InChI=1S/C12H8F3N3/c13-12(14,15)9-2-1-3-11(8-9)18-7-5-10(17-18)4-6-16/h1-3,5,7-8H,4H2. The van der Waals surface area contributed by atoms with Crippen molar-refractivity contribution in [3.05, 3.63) is 47.8 Å². The number of alkyl halides is 3. The van der Waals surface area contributed by atoms with Crippen LogP contribution in [0.5, 0.6) is 0 Å². The van der Waals surface area contributed by atoms with Crippen molar-refractivity contribution in [3.8, 4) is 11.8 Å². The monoisotopic (exact) mass is 251 g/mol. The Morgan fingerprint density at radius 2 is 2.06 bits per heavy atom. The van der Waals surface area contributed by atoms with Crippen LogP contribution < -0.4 is 0 Å². The molecule has 6 heteroatoms. The van der Waals surface area contributed by atoms with Gasteiger partial charge in [0.15, 0.2) is 0 Å². The fourth-order valence-electron chi connectivity index (χ4n) is 1.51. The van der Waals surface area contributed by atoms with Gasteiger partial charge in [0.1, 0.15) is 0 Å². The lowest BCUT2D eigenvalue weighted by molar-refractivity contribution is -0.137. The van der Waals surface area contributed by atoms with Gasteiger partial charge in [-0.15, -0.1) is 0 Å². The molecule has 0 aliphatic carbocycles. The average molecular weight is 251 g/mol. The van der Waals surface area contributed by atoms with E-state index in [1.54, 1.807) is 6.07 Å². The van der Waals surface area contributed by atoms with Crippen molar-refractivity contribution in [1.29, 1.82) is 5.26 Å². The third-order valence-electron chi connectivity index (χ3n) is 2.34. The van der Waals surface area contributed by atoms with Gasteiger partial charge in [0, 0.05) is 6.20 Å². The highest BCUT2D eigenvalue weighted by molar-refractivity contribution is 5.36. The van der Waals surface area contributed by atoms with Crippen LogP contribution in [0, 0.1) is 11.3 Å². The minimum atomic E-state index is -4.38. The zero-order valence-electron chi connectivity index (χ0n) is 9.15. The predicted molar refractivity (Wildman–Crippen MR) is 57.9 cm³/mol. The van der Waals surface area contributed by atoms with E-state index in [2.05, 4.69) is 5.10 Å². The van der Waals surface area contributed by atoms with Gasteiger partial charge >= 0.3 is 6.18 Å². The highest BCUT2D eigenvalue weighted by atomic mass is 19.4. The number of rotatable bonds is 2. The highest BCUT2D eigenvalue weighted by Crippen LogP contribution is 2.30. The van der Waals surface area contributed by atoms with E-state index in [4.69, 9.17) is 5.26 Å². The molecule has 0 bridgehead atoms. The Balaban J connectivity index is 2.36. The molecule has 0 spiro atoms. The van der Waals surface area contributed by atoms with Crippen molar-refractivity contribution in [1.82, 2.24) is 9.78 Å². The number of nitriles is 1. The summed E-state index contributed by atoms with van der Waals surface area (Å²) in [7, 11) is 0. The smallest absolute Gasteiger partial charge is 0.241 e. The first-order valence-electron chi connectivity index (χ1n) is 5.10. The second kappa shape index (κ2) is 4.53. The lowest BCUT2D eigenvalue weighted by atomic mass is 10.2. The molecule has 1 aromatic carbocycles. The molecule has 0 unspecified atom stereocenters. The lowest BCUT2D eigenvalue weighted by Gasteiger charge is -2.08. The third-order valence-corrected chi connectivity index (χ3v) is 2.34. The molecule has 0 saturated heterocycles. The van der Waals surface area contributed by atoms with Gasteiger partial charge in [0.05, 0.1) is 29.4 Å². The van der Waals surface area contributed by atoms with E-state index in [-0.39, 0.29) is 6.42 Å². The summed E-state index contributed by atoms with van der Waals surface area (Å²) in [5.41, 5.74) is 0.112. The number of hydrogen-bond donors (Lipinski definition) is 0. The van der Waals surface area contributed by atoms with Gasteiger partial charge in [-0.25, -0.2) is 4.68 Å². The number of halogens is 3.